The lowest BCUT2D eigenvalue weighted by Crippen LogP contribution is -2.40. The summed E-state index contributed by atoms with van der Waals surface area (Å²) in [5.41, 5.74) is 3.86. The molecular weight excluding hydrogens is 330 g/mol. The molecule has 2 heterocycles. The van der Waals surface area contributed by atoms with Crippen molar-refractivity contribution in [1.29, 1.82) is 0 Å². The van der Waals surface area contributed by atoms with Crippen molar-refractivity contribution in [2.45, 2.75) is 39.8 Å². The molecule has 2 aliphatic rings. The van der Waals surface area contributed by atoms with Crippen LogP contribution in [0, 0.1) is 12.3 Å². The van der Waals surface area contributed by atoms with Crippen molar-refractivity contribution in [1.82, 2.24) is 0 Å². The fraction of sp³-hybridized carbons (Fsp3) is 0.381. The van der Waals surface area contributed by atoms with Gasteiger partial charge in [0.2, 0.25) is 6.79 Å². The van der Waals surface area contributed by atoms with Crippen LogP contribution in [-0.4, -0.2) is 12.8 Å². The Morgan fingerprint density at radius 2 is 1.92 bits per heavy atom. The van der Waals surface area contributed by atoms with Crippen molar-refractivity contribution in [3.05, 3.63) is 53.1 Å². The van der Waals surface area contributed by atoms with E-state index in [1.165, 1.54) is 6.92 Å². The fourth-order valence-electron chi connectivity index (χ4n) is 3.91. The van der Waals surface area contributed by atoms with Gasteiger partial charge in [0, 0.05) is 23.6 Å². The van der Waals surface area contributed by atoms with E-state index < -0.39 is 0 Å². The number of ether oxygens (including phenoxy) is 3. The van der Waals surface area contributed by atoms with Crippen LogP contribution in [0.4, 0.5) is 5.69 Å². The molecule has 2 aromatic rings. The third kappa shape index (κ3) is 2.68. The summed E-state index contributed by atoms with van der Waals surface area (Å²) in [6.45, 7) is 7.99. The first-order valence-electron chi connectivity index (χ1n) is 8.80. The summed E-state index contributed by atoms with van der Waals surface area (Å²) in [5, 5.41) is 3.64. The van der Waals surface area contributed by atoms with E-state index in [1.54, 1.807) is 0 Å². The highest BCUT2D eigenvalue weighted by atomic mass is 16.7. The molecule has 2 atom stereocenters. The number of carbonyl (C=O) groups is 1. The van der Waals surface area contributed by atoms with E-state index in [0.717, 1.165) is 33.9 Å². The molecule has 2 aliphatic heterocycles. The van der Waals surface area contributed by atoms with Crippen molar-refractivity contribution in [3.63, 3.8) is 0 Å². The van der Waals surface area contributed by atoms with Crippen LogP contribution in [0.1, 0.15) is 49.6 Å². The van der Waals surface area contributed by atoms with Crippen molar-refractivity contribution in [2.75, 3.05) is 12.1 Å². The van der Waals surface area contributed by atoms with Crippen LogP contribution in [0.2, 0.25) is 0 Å². The number of fused-ring (bicyclic) bond motifs is 2. The molecule has 5 heteroatoms. The van der Waals surface area contributed by atoms with Crippen LogP contribution in [0.5, 0.6) is 11.5 Å². The lowest BCUT2D eigenvalue weighted by molar-refractivity contribution is -0.154. The van der Waals surface area contributed by atoms with Gasteiger partial charge in [-0.2, -0.15) is 0 Å². The quantitative estimate of drug-likeness (QED) is 0.805. The van der Waals surface area contributed by atoms with Crippen LogP contribution in [-0.2, 0) is 9.53 Å². The molecule has 1 N–H and O–H groups in total. The summed E-state index contributed by atoms with van der Waals surface area (Å²) in [7, 11) is 0. The highest BCUT2D eigenvalue weighted by Gasteiger charge is 2.46. The van der Waals surface area contributed by atoms with Gasteiger partial charge < -0.3 is 19.5 Å². The lowest BCUT2D eigenvalue weighted by atomic mass is 9.70. The van der Waals surface area contributed by atoms with Crippen molar-refractivity contribution in [3.8, 4) is 11.5 Å². The summed E-state index contributed by atoms with van der Waals surface area (Å²) in [4.78, 5) is 11.8. The molecule has 0 saturated carbocycles. The number of benzene rings is 2. The van der Waals surface area contributed by atoms with Gasteiger partial charge in [-0.3, -0.25) is 4.79 Å². The van der Waals surface area contributed by atoms with Gasteiger partial charge >= 0.3 is 5.97 Å². The first-order valence-corrected chi connectivity index (χ1v) is 8.80. The van der Waals surface area contributed by atoms with E-state index in [1.807, 2.05) is 25.1 Å². The molecule has 0 amide bonds. The van der Waals surface area contributed by atoms with Crippen LogP contribution >= 0.6 is 0 Å². The minimum Gasteiger partial charge on any atom is -0.457 e. The Morgan fingerprint density at radius 1 is 1.15 bits per heavy atom. The number of esters is 1. The highest BCUT2D eigenvalue weighted by molar-refractivity contribution is 5.68. The van der Waals surface area contributed by atoms with Gasteiger partial charge in [-0.25, -0.2) is 0 Å². The summed E-state index contributed by atoms with van der Waals surface area (Å²) in [5.74, 6) is 1.23. The molecule has 0 bridgehead atoms. The second-order valence-electron chi connectivity index (χ2n) is 7.59. The number of aryl methyl sites for hydroxylation is 1. The third-order valence-electron chi connectivity index (χ3n) is 5.22. The maximum absolute atomic E-state index is 11.8. The van der Waals surface area contributed by atoms with Gasteiger partial charge in [0.25, 0.3) is 0 Å². The van der Waals surface area contributed by atoms with E-state index >= 15 is 0 Å². The second-order valence-corrected chi connectivity index (χ2v) is 7.59. The topological polar surface area (TPSA) is 56.8 Å². The zero-order chi connectivity index (χ0) is 18.5. The van der Waals surface area contributed by atoms with Crippen LogP contribution in [0.3, 0.4) is 0 Å². The highest BCUT2D eigenvalue weighted by Crippen LogP contribution is 2.54. The molecule has 0 radical (unpaired) electrons. The van der Waals surface area contributed by atoms with Gasteiger partial charge in [0.1, 0.15) is 6.10 Å². The summed E-state index contributed by atoms with van der Waals surface area (Å²) in [6, 6.07) is 12.1. The predicted octanol–water partition coefficient (Wildman–Crippen LogP) is 4.52. The molecule has 5 nitrogen and oxygen atoms in total. The Balaban J connectivity index is 1.81. The molecule has 0 spiro atoms. The molecule has 0 unspecified atom stereocenters. The average molecular weight is 353 g/mol. The van der Waals surface area contributed by atoms with E-state index in [9.17, 15) is 4.79 Å². The predicted molar refractivity (Wildman–Crippen MR) is 98.4 cm³/mol. The molecule has 0 aromatic heterocycles. The number of rotatable bonds is 2. The minimum atomic E-state index is -0.361. The molecule has 0 fully saturated rings. The maximum atomic E-state index is 11.8. The molecule has 0 aliphatic carbocycles. The molecule has 136 valence electrons. The Labute approximate surface area is 153 Å². The average Bonchev–Trinajstić information content (AvgIpc) is 3.05. The monoisotopic (exact) mass is 353 g/mol. The van der Waals surface area contributed by atoms with E-state index in [-0.39, 0.29) is 30.3 Å². The van der Waals surface area contributed by atoms with Gasteiger partial charge in [-0.15, -0.1) is 0 Å². The number of hydrogen-bond donors (Lipinski definition) is 1. The lowest BCUT2D eigenvalue weighted by Gasteiger charge is -2.46. The van der Waals surface area contributed by atoms with E-state index in [4.69, 9.17) is 14.2 Å². The van der Waals surface area contributed by atoms with Crippen molar-refractivity contribution < 1.29 is 19.0 Å². The Bertz CT molecular complexity index is 874. The third-order valence-corrected chi connectivity index (χ3v) is 5.22. The number of anilines is 1. The van der Waals surface area contributed by atoms with Crippen molar-refractivity contribution >= 4 is 11.7 Å². The molecule has 4 rings (SSSR count). The van der Waals surface area contributed by atoms with Crippen LogP contribution in [0.25, 0.3) is 0 Å². The number of carbonyl (C=O) groups excluding carboxylic acids is 1. The maximum Gasteiger partial charge on any atom is 0.303 e. The Kier molecular flexibility index (Phi) is 3.83. The normalized spacial score (nSPS) is 22.3. The zero-order valence-corrected chi connectivity index (χ0v) is 15.5. The van der Waals surface area contributed by atoms with E-state index in [0.29, 0.717) is 0 Å². The minimum absolute atomic E-state index is 0.0449. The van der Waals surface area contributed by atoms with Gasteiger partial charge in [-0.1, -0.05) is 37.6 Å². The standard InChI is InChI=1S/C21H23NO4/c1-12-5-7-16-15(9-12)20(26-13(2)23)21(3,4)19(22-16)14-6-8-17-18(10-14)25-11-24-17/h5-10,19-20,22H,11H2,1-4H3/t19-,20-/m0/s1. The molecule has 0 saturated heterocycles. The second kappa shape index (κ2) is 5.94. The summed E-state index contributed by atoms with van der Waals surface area (Å²) < 4.78 is 16.8. The Morgan fingerprint density at radius 3 is 2.69 bits per heavy atom. The number of hydrogen-bond acceptors (Lipinski definition) is 5. The SMILES string of the molecule is CC(=O)O[C@H]1c2cc(C)ccc2N[C@@H](c2ccc3c(c2)OCO3)C1(C)C. The first-order chi connectivity index (χ1) is 12.4. The first kappa shape index (κ1) is 16.8. The number of nitrogens with one attached hydrogen (secondary N) is 1. The zero-order valence-electron chi connectivity index (χ0n) is 15.5. The van der Waals surface area contributed by atoms with Crippen LogP contribution < -0.4 is 14.8 Å². The molecule has 2 aromatic carbocycles. The molecule has 26 heavy (non-hydrogen) atoms. The Hall–Kier alpha value is -2.69. The van der Waals surface area contributed by atoms with Crippen LogP contribution in [0.15, 0.2) is 36.4 Å². The molecular formula is C21H23NO4. The van der Waals surface area contributed by atoms with E-state index in [2.05, 4.69) is 37.4 Å². The van der Waals surface area contributed by atoms with Gasteiger partial charge in [-0.05, 0) is 30.7 Å². The van der Waals surface area contributed by atoms with Gasteiger partial charge in [0.15, 0.2) is 11.5 Å². The van der Waals surface area contributed by atoms with Crippen molar-refractivity contribution in [2.24, 2.45) is 5.41 Å². The summed E-state index contributed by atoms with van der Waals surface area (Å²) in [6.07, 6.45) is -0.341. The smallest absolute Gasteiger partial charge is 0.303 e. The fourth-order valence-corrected chi connectivity index (χ4v) is 3.91. The largest absolute Gasteiger partial charge is 0.457 e. The van der Waals surface area contributed by atoms with Gasteiger partial charge in [0.05, 0.1) is 6.04 Å². The summed E-state index contributed by atoms with van der Waals surface area (Å²) >= 11 is 0.